The van der Waals surface area contributed by atoms with Gasteiger partial charge in [-0.05, 0) is 31.2 Å². The van der Waals surface area contributed by atoms with Gasteiger partial charge in [0.25, 0.3) is 0 Å². The molecular weight excluding hydrogens is 214 g/mol. The van der Waals surface area contributed by atoms with E-state index in [0.717, 1.165) is 12.8 Å². The Balaban J connectivity index is 0. The second kappa shape index (κ2) is 10.2. The lowest BCUT2D eigenvalue weighted by atomic mass is 9.94. The number of nitrogens with two attached hydrogens (primary N) is 1. The first-order valence-electron chi connectivity index (χ1n) is 5.45. The largest absolute Gasteiger partial charge is 0.466 e. The normalized spacial score (nSPS) is 12.1. The maximum absolute atomic E-state index is 11.3. The van der Waals surface area contributed by atoms with Gasteiger partial charge in [-0.2, -0.15) is 0 Å². The van der Waals surface area contributed by atoms with Crippen LogP contribution in [0.3, 0.4) is 0 Å². The van der Waals surface area contributed by atoms with Crippen molar-refractivity contribution in [2.24, 2.45) is 17.6 Å². The van der Waals surface area contributed by atoms with Crippen molar-refractivity contribution in [1.29, 1.82) is 0 Å². The first-order valence-corrected chi connectivity index (χ1v) is 5.45. The summed E-state index contributed by atoms with van der Waals surface area (Å²) in [6.45, 7) is 7.36. The van der Waals surface area contributed by atoms with Gasteiger partial charge in [-0.1, -0.05) is 20.8 Å². The number of esters is 1. The van der Waals surface area contributed by atoms with Crippen molar-refractivity contribution in [3.63, 3.8) is 0 Å². The number of hydrogen-bond acceptors (Lipinski definition) is 3. The summed E-state index contributed by atoms with van der Waals surface area (Å²) in [7, 11) is 0. The van der Waals surface area contributed by atoms with Gasteiger partial charge in [0.1, 0.15) is 0 Å². The van der Waals surface area contributed by atoms with Crippen LogP contribution in [0.5, 0.6) is 0 Å². The molecule has 0 radical (unpaired) electrons. The van der Waals surface area contributed by atoms with Crippen LogP contribution in [-0.4, -0.2) is 19.1 Å². The highest BCUT2D eigenvalue weighted by Gasteiger charge is 2.14. The zero-order valence-corrected chi connectivity index (χ0v) is 10.8. The summed E-state index contributed by atoms with van der Waals surface area (Å²) in [5.74, 6) is 0.754. The Morgan fingerprint density at radius 2 is 2.00 bits per heavy atom. The van der Waals surface area contributed by atoms with Gasteiger partial charge in [0.2, 0.25) is 0 Å². The Bertz CT molecular complexity index is 163. The summed E-state index contributed by atoms with van der Waals surface area (Å²) in [4.78, 5) is 11.3. The summed E-state index contributed by atoms with van der Waals surface area (Å²) in [6.07, 6.45) is 2.34. The average Bonchev–Trinajstić information content (AvgIpc) is 2.12. The molecule has 0 aromatic carbocycles. The lowest BCUT2D eigenvalue weighted by molar-refractivity contribution is -0.144. The Hall–Kier alpha value is -0.280. The predicted octanol–water partition coefficient (Wildman–Crippen LogP) is 2.37. The van der Waals surface area contributed by atoms with Gasteiger partial charge < -0.3 is 10.5 Å². The lowest BCUT2D eigenvalue weighted by Crippen LogP contribution is -2.21. The minimum atomic E-state index is -0.108. The molecule has 4 heteroatoms. The molecule has 92 valence electrons. The fraction of sp³-hybridized carbons (Fsp3) is 0.909. The molecular formula is C11H24ClNO2. The SMILES string of the molecule is CCCOC(=O)CC(CN)CC(C)C.Cl. The third-order valence-corrected chi connectivity index (χ3v) is 2.06. The molecule has 15 heavy (non-hydrogen) atoms. The van der Waals surface area contributed by atoms with E-state index in [1.165, 1.54) is 0 Å². The molecule has 2 N–H and O–H groups in total. The van der Waals surface area contributed by atoms with Crippen molar-refractivity contribution >= 4 is 18.4 Å². The van der Waals surface area contributed by atoms with Gasteiger partial charge in [0.05, 0.1) is 6.61 Å². The number of carbonyl (C=O) groups excluding carboxylic acids is 1. The molecule has 0 fully saturated rings. The molecule has 0 amide bonds. The van der Waals surface area contributed by atoms with Crippen LogP contribution in [-0.2, 0) is 9.53 Å². The van der Waals surface area contributed by atoms with Gasteiger partial charge in [-0.25, -0.2) is 0 Å². The molecule has 1 atom stereocenters. The number of rotatable bonds is 7. The van der Waals surface area contributed by atoms with E-state index in [1.54, 1.807) is 0 Å². The Labute approximate surface area is 99.2 Å². The van der Waals surface area contributed by atoms with Crippen LogP contribution in [0.1, 0.15) is 40.0 Å². The van der Waals surface area contributed by atoms with Crippen LogP contribution in [0.15, 0.2) is 0 Å². The van der Waals surface area contributed by atoms with Crippen LogP contribution >= 0.6 is 12.4 Å². The number of ether oxygens (including phenoxy) is 1. The fourth-order valence-electron chi connectivity index (χ4n) is 1.44. The molecule has 0 bridgehead atoms. The van der Waals surface area contributed by atoms with Crippen molar-refractivity contribution in [3.05, 3.63) is 0 Å². The molecule has 0 saturated carbocycles. The van der Waals surface area contributed by atoms with E-state index in [-0.39, 0.29) is 24.3 Å². The molecule has 0 aliphatic heterocycles. The molecule has 0 aliphatic rings. The standard InChI is InChI=1S/C11H23NO2.ClH/c1-4-5-14-11(13)7-10(8-12)6-9(2)3;/h9-10H,4-8,12H2,1-3H3;1H. The van der Waals surface area contributed by atoms with Gasteiger partial charge in [-0.15, -0.1) is 12.4 Å². The van der Waals surface area contributed by atoms with Crippen LogP contribution < -0.4 is 5.73 Å². The molecule has 0 aromatic rings. The summed E-state index contributed by atoms with van der Waals surface area (Å²) >= 11 is 0. The molecule has 0 aliphatic carbocycles. The second-order valence-electron chi connectivity index (χ2n) is 4.16. The van der Waals surface area contributed by atoms with Crippen molar-refractivity contribution in [1.82, 2.24) is 0 Å². The van der Waals surface area contributed by atoms with E-state index in [1.807, 2.05) is 6.92 Å². The van der Waals surface area contributed by atoms with Gasteiger partial charge >= 0.3 is 5.97 Å². The minimum absolute atomic E-state index is 0. The monoisotopic (exact) mass is 237 g/mol. The van der Waals surface area contributed by atoms with Crippen LogP contribution in [0.25, 0.3) is 0 Å². The number of carbonyl (C=O) groups is 1. The Morgan fingerprint density at radius 1 is 1.40 bits per heavy atom. The maximum atomic E-state index is 11.3. The second-order valence-corrected chi connectivity index (χ2v) is 4.16. The van der Waals surface area contributed by atoms with Gasteiger partial charge in [-0.3, -0.25) is 4.79 Å². The molecule has 1 unspecified atom stereocenters. The first kappa shape index (κ1) is 17.1. The van der Waals surface area contributed by atoms with Crippen LogP contribution in [0.4, 0.5) is 0 Å². The number of hydrogen-bond donors (Lipinski definition) is 1. The van der Waals surface area contributed by atoms with E-state index in [0.29, 0.717) is 25.5 Å². The highest BCUT2D eigenvalue weighted by molar-refractivity contribution is 5.85. The molecule has 0 saturated heterocycles. The van der Waals surface area contributed by atoms with Crippen LogP contribution in [0, 0.1) is 11.8 Å². The summed E-state index contributed by atoms with van der Waals surface area (Å²) in [6, 6.07) is 0. The molecule has 0 aromatic heterocycles. The van der Waals surface area contributed by atoms with Crippen molar-refractivity contribution < 1.29 is 9.53 Å². The molecule has 0 spiro atoms. The minimum Gasteiger partial charge on any atom is -0.466 e. The zero-order chi connectivity index (χ0) is 11.0. The smallest absolute Gasteiger partial charge is 0.306 e. The lowest BCUT2D eigenvalue weighted by Gasteiger charge is -2.15. The third-order valence-electron chi connectivity index (χ3n) is 2.06. The van der Waals surface area contributed by atoms with Gasteiger partial charge in [0, 0.05) is 6.42 Å². The summed E-state index contributed by atoms with van der Waals surface area (Å²) in [5, 5.41) is 0. The Kier molecular flexibility index (Phi) is 11.7. The first-order chi connectivity index (χ1) is 6.60. The van der Waals surface area contributed by atoms with E-state index < -0.39 is 0 Å². The van der Waals surface area contributed by atoms with Crippen molar-refractivity contribution in [2.75, 3.05) is 13.2 Å². The Morgan fingerprint density at radius 3 is 2.40 bits per heavy atom. The topological polar surface area (TPSA) is 52.3 Å². The summed E-state index contributed by atoms with van der Waals surface area (Å²) in [5.41, 5.74) is 5.59. The van der Waals surface area contributed by atoms with E-state index in [2.05, 4.69) is 13.8 Å². The summed E-state index contributed by atoms with van der Waals surface area (Å²) < 4.78 is 5.01. The zero-order valence-electron chi connectivity index (χ0n) is 9.99. The quantitative estimate of drug-likeness (QED) is 0.692. The highest BCUT2D eigenvalue weighted by atomic mass is 35.5. The fourth-order valence-corrected chi connectivity index (χ4v) is 1.44. The molecule has 0 rings (SSSR count). The molecule has 0 heterocycles. The van der Waals surface area contributed by atoms with E-state index in [4.69, 9.17) is 10.5 Å². The highest BCUT2D eigenvalue weighted by Crippen LogP contribution is 2.14. The van der Waals surface area contributed by atoms with Crippen molar-refractivity contribution in [3.8, 4) is 0 Å². The predicted molar refractivity (Wildman–Crippen MR) is 65.1 cm³/mol. The molecule has 3 nitrogen and oxygen atoms in total. The van der Waals surface area contributed by atoms with Gasteiger partial charge in [0.15, 0.2) is 0 Å². The van der Waals surface area contributed by atoms with Crippen molar-refractivity contribution in [2.45, 2.75) is 40.0 Å². The number of halogens is 1. The third kappa shape index (κ3) is 10.0. The average molecular weight is 238 g/mol. The maximum Gasteiger partial charge on any atom is 0.306 e. The van der Waals surface area contributed by atoms with E-state index >= 15 is 0 Å². The van der Waals surface area contributed by atoms with E-state index in [9.17, 15) is 4.79 Å². The van der Waals surface area contributed by atoms with Crippen LogP contribution in [0.2, 0.25) is 0 Å².